The van der Waals surface area contributed by atoms with Gasteiger partial charge in [-0.3, -0.25) is 9.59 Å². The molecule has 6 heteroatoms. The zero-order chi connectivity index (χ0) is 17.7. The van der Waals surface area contributed by atoms with Gasteiger partial charge in [-0.1, -0.05) is 0 Å². The number of aldehydes is 2. The van der Waals surface area contributed by atoms with Crippen LogP contribution >= 0.6 is 0 Å². The smallest absolute Gasteiger partial charge is 0.150 e. The Morgan fingerprint density at radius 1 is 0.625 bits per heavy atom. The first-order valence-corrected chi connectivity index (χ1v) is 7.06. The number of carbonyl (C=O) groups is 2. The summed E-state index contributed by atoms with van der Waals surface area (Å²) >= 11 is 0. The highest BCUT2D eigenvalue weighted by atomic mass is 16.5. The van der Waals surface area contributed by atoms with Crippen LogP contribution in [0, 0.1) is 0 Å². The molecule has 2 rings (SSSR count). The summed E-state index contributed by atoms with van der Waals surface area (Å²) in [6.07, 6.45) is 1.36. The molecular formula is C18H18O6. The van der Waals surface area contributed by atoms with Gasteiger partial charge in [-0.05, 0) is 12.1 Å². The van der Waals surface area contributed by atoms with Crippen LogP contribution in [0.25, 0.3) is 11.1 Å². The molecule has 0 aliphatic rings. The molecule has 24 heavy (non-hydrogen) atoms. The molecule has 0 amide bonds. The van der Waals surface area contributed by atoms with Gasteiger partial charge >= 0.3 is 0 Å². The van der Waals surface area contributed by atoms with Crippen LogP contribution in [0.4, 0.5) is 0 Å². The molecule has 0 atom stereocenters. The number of ether oxygens (including phenoxy) is 4. The van der Waals surface area contributed by atoms with E-state index in [0.717, 1.165) is 0 Å². The van der Waals surface area contributed by atoms with Crippen LogP contribution in [0.1, 0.15) is 20.7 Å². The lowest BCUT2D eigenvalue weighted by molar-refractivity contribution is 0.111. The van der Waals surface area contributed by atoms with E-state index in [1.807, 2.05) is 0 Å². The summed E-state index contributed by atoms with van der Waals surface area (Å²) < 4.78 is 21.2. The molecule has 2 aromatic rings. The molecule has 6 nitrogen and oxygen atoms in total. The summed E-state index contributed by atoms with van der Waals surface area (Å²) in [6.45, 7) is 0. The standard InChI is InChI=1S/C18H18O6/c1-21-13-5-11(9-19)17(15(7-13)23-3)18-12(10-20)6-14(22-2)8-16(18)24-4/h5-10H,1-4H3. The molecule has 126 valence electrons. The topological polar surface area (TPSA) is 71.1 Å². The van der Waals surface area contributed by atoms with Crippen molar-refractivity contribution in [1.29, 1.82) is 0 Å². The second-order valence-corrected chi connectivity index (χ2v) is 4.82. The summed E-state index contributed by atoms with van der Waals surface area (Å²) in [5, 5.41) is 0. The van der Waals surface area contributed by atoms with E-state index in [0.29, 0.717) is 57.8 Å². The number of benzene rings is 2. The van der Waals surface area contributed by atoms with E-state index in [-0.39, 0.29) is 0 Å². The fourth-order valence-electron chi connectivity index (χ4n) is 2.50. The van der Waals surface area contributed by atoms with Gasteiger partial charge in [0.05, 0.1) is 28.4 Å². The molecule has 0 aromatic heterocycles. The van der Waals surface area contributed by atoms with Crippen molar-refractivity contribution in [2.24, 2.45) is 0 Å². The fourth-order valence-corrected chi connectivity index (χ4v) is 2.50. The maximum Gasteiger partial charge on any atom is 0.150 e. The average molecular weight is 330 g/mol. The summed E-state index contributed by atoms with van der Waals surface area (Å²) in [7, 11) is 5.94. The molecule has 0 radical (unpaired) electrons. The van der Waals surface area contributed by atoms with E-state index in [1.54, 1.807) is 24.3 Å². The predicted octanol–water partition coefficient (Wildman–Crippen LogP) is 3.01. The van der Waals surface area contributed by atoms with Crippen LogP contribution in [0.5, 0.6) is 23.0 Å². The van der Waals surface area contributed by atoms with Gasteiger partial charge in [-0.15, -0.1) is 0 Å². The Hall–Kier alpha value is -3.02. The van der Waals surface area contributed by atoms with Gasteiger partial charge in [0.1, 0.15) is 23.0 Å². The van der Waals surface area contributed by atoms with Crippen molar-refractivity contribution in [3.63, 3.8) is 0 Å². The van der Waals surface area contributed by atoms with Gasteiger partial charge in [-0.25, -0.2) is 0 Å². The van der Waals surface area contributed by atoms with Crippen molar-refractivity contribution in [3.05, 3.63) is 35.4 Å². The van der Waals surface area contributed by atoms with Crippen LogP contribution < -0.4 is 18.9 Å². The second-order valence-electron chi connectivity index (χ2n) is 4.82. The minimum absolute atomic E-state index is 0.317. The first-order chi connectivity index (χ1) is 11.6. The minimum Gasteiger partial charge on any atom is -0.497 e. The van der Waals surface area contributed by atoms with Crippen molar-refractivity contribution in [2.75, 3.05) is 28.4 Å². The van der Waals surface area contributed by atoms with Crippen LogP contribution in [0.2, 0.25) is 0 Å². The first kappa shape index (κ1) is 17.3. The zero-order valence-electron chi connectivity index (χ0n) is 13.9. The third kappa shape index (κ3) is 3.03. The van der Waals surface area contributed by atoms with Gasteiger partial charge < -0.3 is 18.9 Å². The predicted molar refractivity (Wildman–Crippen MR) is 88.9 cm³/mol. The molecule has 0 unspecified atom stereocenters. The average Bonchev–Trinajstić information content (AvgIpc) is 2.65. The largest absolute Gasteiger partial charge is 0.497 e. The van der Waals surface area contributed by atoms with Gasteiger partial charge in [-0.2, -0.15) is 0 Å². The lowest BCUT2D eigenvalue weighted by Gasteiger charge is -2.18. The third-order valence-electron chi connectivity index (χ3n) is 3.63. The summed E-state index contributed by atoms with van der Waals surface area (Å²) in [6, 6.07) is 6.42. The lowest BCUT2D eigenvalue weighted by atomic mass is 9.93. The summed E-state index contributed by atoms with van der Waals surface area (Å²) in [5.41, 5.74) is 1.54. The van der Waals surface area contributed by atoms with E-state index < -0.39 is 0 Å². The second kappa shape index (κ2) is 7.50. The molecular weight excluding hydrogens is 312 g/mol. The Balaban J connectivity index is 2.89. The molecule has 2 aromatic carbocycles. The van der Waals surface area contributed by atoms with Crippen LogP contribution in [-0.4, -0.2) is 41.0 Å². The van der Waals surface area contributed by atoms with E-state index in [2.05, 4.69) is 0 Å². The number of methoxy groups -OCH3 is 4. The fraction of sp³-hybridized carbons (Fsp3) is 0.222. The van der Waals surface area contributed by atoms with E-state index in [1.165, 1.54) is 28.4 Å². The van der Waals surface area contributed by atoms with Crippen molar-refractivity contribution in [3.8, 4) is 34.1 Å². The maximum absolute atomic E-state index is 11.6. The Morgan fingerprint density at radius 3 is 1.25 bits per heavy atom. The van der Waals surface area contributed by atoms with E-state index in [4.69, 9.17) is 18.9 Å². The molecule has 0 aliphatic carbocycles. The molecule has 0 saturated heterocycles. The maximum atomic E-state index is 11.6. The van der Waals surface area contributed by atoms with Gasteiger partial charge in [0.15, 0.2) is 12.6 Å². The Bertz CT molecular complexity index is 701. The van der Waals surface area contributed by atoms with Crippen molar-refractivity contribution in [1.82, 2.24) is 0 Å². The number of hydrogen-bond donors (Lipinski definition) is 0. The monoisotopic (exact) mass is 330 g/mol. The Morgan fingerprint density at radius 2 is 1.00 bits per heavy atom. The van der Waals surface area contributed by atoms with Crippen LogP contribution in [-0.2, 0) is 0 Å². The molecule has 0 saturated carbocycles. The highest BCUT2D eigenvalue weighted by molar-refractivity contribution is 6.00. The van der Waals surface area contributed by atoms with Gasteiger partial charge in [0, 0.05) is 34.4 Å². The Labute approximate surface area is 139 Å². The summed E-state index contributed by atoms with van der Waals surface area (Å²) in [4.78, 5) is 23.2. The van der Waals surface area contributed by atoms with Gasteiger partial charge in [0.2, 0.25) is 0 Å². The highest BCUT2D eigenvalue weighted by Crippen LogP contribution is 2.44. The molecule has 0 spiro atoms. The molecule has 0 N–H and O–H groups in total. The zero-order valence-corrected chi connectivity index (χ0v) is 13.9. The minimum atomic E-state index is 0.317. The molecule has 0 aliphatic heterocycles. The Kier molecular flexibility index (Phi) is 5.42. The lowest BCUT2D eigenvalue weighted by Crippen LogP contribution is -2.01. The summed E-state index contributed by atoms with van der Waals surface area (Å²) in [5.74, 6) is 1.72. The molecule has 0 heterocycles. The van der Waals surface area contributed by atoms with Crippen molar-refractivity contribution in [2.45, 2.75) is 0 Å². The third-order valence-corrected chi connectivity index (χ3v) is 3.63. The quantitative estimate of drug-likeness (QED) is 0.727. The van der Waals surface area contributed by atoms with Crippen LogP contribution in [0.3, 0.4) is 0 Å². The number of hydrogen-bond acceptors (Lipinski definition) is 6. The normalized spacial score (nSPS) is 10.0. The van der Waals surface area contributed by atoms with Crippen molar-refractivity contribution < 1.29 is 28.5 Å². The molecule has 0 bridgehead atoms. The van der Waals surface area contributed by atoms with E-state index >= 15 is 0 Å². The van der Waals surface area contributed by atoms with Crippen molar-refractivity contribution >= 4 is 12.6 Å². The first-order valence-electron chi connectivity index (χ1n) is 7.06. The van der Waals surface area contributed by atoms with Gasteiger partial charge in [0.25, 0.3) is 0 Å². The molecule has 0 fully saturated rings. The number of rotatable bonds is 7. The number of carbonyl (C=O) groups excluding carboxylic acids is 2. The SMILES string of the molecule is COc1cc(C=O)c(-c2c(C=O)cc(OC)cc2OC)c(OC)c1. The van der Waals surface area contributed by atoms with Crippen LogP contribution in [0.15, 0.2) is 24.3 Å². The highest BCUT2D eigenvalue weighted by Gasteiger charge is 2.22. The van der Waals surface area contributed by atoms with E-state index in [9.17, 15) is 9.59 Å².